The smallest absolute Gasteiger partial charge is 0.321 e. The Bertz CT molecular complexity index is 514. The predicted octanol–water partition coefficient (Wildman–Crippen LogP) is 2.23. The van der Waals surface area contributed by atoms with E-state index in [4.69, 9.17) is 5.11 Å². The van der Waals surface area contributed by atoms with Gasteiger partial charge in [0.25, 0.3) is 5.91 Å². The van der Waals surface area contributed by atoms with E-state index in [1.807, 2.05) is 6.92 Å². The minimum absolute atomic E-state index is 0.0699. The van der Waals surface area contributed by atoms with Crippen LogP contribution in [-0.4, -0.2) is 48.2 Å². The van der Waals surface area contributed by atoms with Crippen LogP contribution < -0.4 is 10.6 Å². The zero-order chi connectivity index (χ0) is 17.1. The highest BCUT2D eigenvalue weighted by Gasteiger charge is 2.12. The number of hydrogen-bond acceptors (Lipinski definition) is 3. The number of amides is 3. The van der Waals surface area contributed by atoms with Gasteiger partial charge < -0.3 is 20.6 Å². The maximum absolute atomic E-state index is 12.2. The fourth-order valence-corrected chi connectivity index (χ4v) is 1.96. The van der Waals surface area contributed by atoms with Gasteiger partial charge in [0.05, 0.1) is 6.61 Å². The molecule has 0 aromatic heterocycles. The molecule has 23 heavy (non-hydrogen) atoms. The third-order valence-corrected chi connectivity index (χ3v) is 3.24. The summed E-state index contributed by atoms with van der Waals surface area (Å²) in [5.74, 6) is -0.187. The molecule has 3 N–H and O–H groups in total. The molecule has 6 heteroatoms. The number of nitrogens with one attached hydrogen (secondary N) is 2. The third-order valence-electron chi connectivity index (χ3n) is 3.24. The first-order valence-electron chi connectivity index (χ1n) is 7.78. The highest BCUT2D eigenvalue weighted by Crippen LogP contribution is 2.11. The minimum atomic E-state index is -0.253. The van der Waals surface area contributed by atoms with Crippen molar-refractivity contribution in [3.8, 4) is 0 Å². The van der Waals surface area contributed by atoms with E-state index < -0.39 is 0 Å². The molecule has 0 spiro atoms. The molecule has 0 bridgehead atoms. The lowest BCUT2D eigenvalue weighted by atomic mass is 10.2. The van der Waals surface area contributed by atoms with Gasteiger partial charge in [-0.2, -0.15) is 0 Å². The SMILES string of the molecule is C=CCNC(=O)c1ccc(NC(=O)N(CCO)CCCC)cc1. The summed E-state index contributed by atoms with van der Waals surface area (Å²) in [4.78, 5) is 25.5. The molecule has 0 aliphatic carbocycles. The molecule has 0 fully saturated rings. The van der Waals surface area contributed by atoms with E-state index in [-0.39, 0.29) is 18.5 Å². The lowest BCUT2D eigenvalue weighted by molar-refractivity contribution is 0.0958. The predicted molar refractivity (Wildman–Crippen MR) is 91.6 cm³/mol. The Labute approximate surface area is 137 Å². The van der Waals surface area contributed by atoms with Gasteiger partial charge in [-0.3, -0.25) is 4.79 Å². The zero-order valence-corrected chi connectivity index (χ0v) is 13.5. The zero-order valence-electron chi connectivity index (χ0n) is 13.5. The molecule has 1 aromatic carbocycles. The molecule has 0 aliphatic heterocycles. The highest BCUT2D eigenvalue weighted by molar-refractivity contribution is 5.95. The minimum Gasteiger partial charge on any atom is -0.395 e. The Morgan fingerprint density at radius 2 is 1.96 bits per heavy atom. The van der Waals surface area contributed by atoms with Crippen molar-refractivity contribution in [3.63, 3.8) is 0 Å². The Morgan fingerprint density at radius 3 is 2.52 bits per heavy atom. The lowest BCUT2D eigenvalue weighted by Gasteiger charge is -2.22. The second kappa shape index (κ2) is 10.4. The Kier molecular flexibility index (Phi) is 8.46. The van der Waals surface area contributed by atoms with Crippen LogP contribution in [0.1, 0.15) is 30.1 Å². The topological polar surface area (TPSA) is 81.7 Å². The van der Waals surface area contributed by atoms with Gasteiger partial charge >= 0.3 is 6.03 Å². The van der Waals surface area contributed by atoms with Crippen molar-refractivity contribution in [2.45, 2.75) is 19.8 Å². The number of rotatable bonds is 9. The Balaban J connectivity index is 2.63. The normalized spacial score (nSPS) is 10.0. The molecular formula is C17H25N3O3. The molecule has 0 atom stereocenters. The van der Waals surface area contributed by atoms with Crippen molar-refractivity contribution in [2.75, 3.05) is 31.6 Å². The fourth-order valence-electron chi connectivity index (χ4n) is 1.96. The summed E-state index contributed by atoms with van der Waals surface area (Å²) in [6, 6.07) is 6.40. The van der Waals surface area contributed by atoms with Crippen LogP contribution in [0.4, 0.5) is 10.5 Å². The largest absolute Gasteiger partial charge is 0.395 e. The quantitative estimate of drug-likeness (QED) is 0.611. The number of anilines is 1. The number of urea groups is 1. The van der Waals surface area contributed by atoms with E-state index in [1.165, 1.54) is 0 Å². The standard InChI is InChI=1S/C17H25N3O3/c1-3-5-11-20(12-13-21)17(23)19-15-8-6-14(7-9-15)16(22)18-10-4-2/h4,6-9,21H,2-3,5,10-13H2,1H3,(H,18,22)(H,19,23). The average molecular weight is 319 g/mol. The maximum Gasteiger partial charge on any atom is 0.321 e. The second-order valence-corrected chi connectivity index (χ2v) is 5.07. The number of aliphatic hydroxyl groups is 1. The van der Waals surface area contributed by atoms with E-state index in [2.05, 4.69) is 17.2 Å². The van der Waals surface area contributed by atoms with Crippen molar-refractivity contribution >= 4 is 17.6 Å². The number of aliphatic hydroxyl groups excluding tert-OH is 1. The number of benzene rings is 1. The van der Waals surface area contributed by atoms with Gasteiger partial charge in [-0.25, -0.2) is 4.79 Å². The van der Waals surface area contributed by atoms with Crippen LogP contribution in [0.3, 0.4) is 0 Å². The molecule has 126 valence electrons. The molecule has 1 rings (SSSR count). The van der Waals surface area contributed by atoms with Crippen LogP contribution in [0.25, 0.3) is 0 Å². The van der Waals surface area contributed by atoms with Gasteiger partial charge in [0, 0.05) is 30.9 Å². The molecule has 1 aromatic rings. The van der Waals surface area contributed by atoms with E-state index in [9.17, 15) is 9.59 Å². The summed E-state index contributed by atoms with van der Waals surface area (Å²) >= 11 is 0. The van der Waals surface area contributed by atoms with Crippen molar-refractivity contribution in [1.29, 1.82) is 0 Å². The lowest BCUT2D eigenvalue weighted by Crippen LogP contribution is -2.37. The summed E-state index contributed by atoms with van der Waals surface area (Å²) in [7, 11) is 0. The van der Waals surface area contributed by atoms with Crippen LogP contribution in [0.5, 0.6) is 0 Å². The van der Waals surface area contributed by atoms with E-state index in [0.717, 1.165) is 12.8 Å². The van der Waals surface area contributed by atoms with Gasteiger partial charge in [-0.05, 0) is 30.7 Å². The summed E-state index contributed by atoms with van der Waals surface area (Å²) in [6.45, 7) is 6.83. The van der Waals surface area contributed by atoms with Crippen molar-refractivity contribution in [1.82, 2.24) is 10.2 Å². The molecule has 0 unspecified atom stereocenters. The second-order valence-electron chi connectivity index (χ2n) is 5.07. The summed E-state index contributed by atoms with van der Waals surface area (Å²) in [5, 5.41) is 14.5. The maximum atomic E-state index is 12.2. The molecule has 0 radical (unpaired) electrons. The van der Waals surface area contributed by atoms with E-state index in [1.54, 1.807) is 35.2 Å². The third kappa shape index (κ3) is 6.52. The van der Waals surface area contributed by atoms with Gasteiger partial charge in [0.15, 0.2) is 0 Å². The van der Waals surface area contributed by atoms with Gasteiger partial charge in [0.2, 0.25) is 0 Å². The van der Waals surface area contributed by atoms with Crippen LogP contribution in [-0.2, 0) is 0 Å². The van der Waals surface area contributed by atoms with Gasteiger partial charge in [0.1, 0.15) is 0 Å². The number of unbranched alkanes of at least 4 members (excludes halogenated alkanes) is 1. The molecule has 0 aliphatic rings. The van der Waals surface area contributed by atoms with Crippen molar-refractivity contribution < 1.29 is 14.7 Å². The van der Waals surface area contributed by atoms with Gasteiger partial charge in [-0.15, -0.1) is 6.58 Å². The molecule has 3 amide bonds. The summed E-state index contributed by atoms with van der Waals surface area (Å²) in [6.07, 6.45) is 3.47. The molecule has 0 saturated carbocycles. The number of carbonyl (C=O) groups is 2. The Hall–Kier alpha value is -2.34. The molecule has 0 heterocycles. The summed E-state index contributed by atoms with van der Waals surface area (Å²) < 4.78 is 0. The van der Waals surface area contributed by atoms with Gasteiger partial charge in [-0.1, -0.05) is 19.4 Å². The van der Waals surface area contributed by atoms with Crippen molar-refractivity contribution in [2.24, 2.45) is 0 Å². The molecule has 6 nitrogen and oxygen atoms in total. The average Bonchev–Trinajstić information content (AvgIpc) is 2.57. The monoisotopic (exact) mass is 319 g/mol. The van der Waals surface area contributed by atoms with Crippen LogP contribution >= 0.6 is 0 Å². The first-order valence-corrected chi connectivity index (χ1v) is 7.78. The Morgan fingerprint density at radius 1 is 1.26 bits per heavy atom. The first-order chi connectivity index (χ1) is 11.1. The van der Waals surface area contributed by atoms with Crippen LogP contribution in [0.2, 0.25) is 0 Å². The van der Waals surface area contributed by atoms with Crippen molar-refractivity contribution in [3.05, 3.63) is 42.5 Å². The van der Waals surface area contributed by atoms with E-state index in [0.29, 0.717) is 30.9 Å². The van der Waals surface area contributed by atoms with Crippen LogP contribution in [0.15, 0.2) is 36.9 Å². The number of hydrogen-bond donors (Lipinski definition) is 3. The molecular weight excluding hydrogens is 294 g/mol. The number of carbonyl (C=O) groups excluding carboxylic acids is 2. The fraction of sp³-hybridized carbons (Fsp3) is 0.412. The first kappa shape index (κ1) is 18.7. The van der Waals surface area contributed by atoms with Crippen LogP contribution in [0, 0.1) is 0 Å². The summed E-state index contributed by atoms with van der Waals surface area (Å²) in [5.41, 5.74) is 1.12. The number of nitrogens with zero attached hydrogens (tertiary/aromatic N) is 1. The highest BCUT2D eigenvalue weighted by atomic mass is 16.3. The molecule has 0 saturated heterocycles. The van der Waals surface area contributed by atoms with E-state index >= 15 is 0 Å².